The molecule has 1 aromatic heterocycles. The predicted octanol–water partition coefficient (Wildman–Crippen LogP) is 1.47. The van der Waals surface area contributed by atoms with Crippen LogP contribution in [-0.4, -0.2) is 53.2 Å². The van der Waals surface area contributed by atoms with Gasteiger partial charge >= 0.3 is 0 Å². The second kappa shape index (κ2) is 10.1. The van der Waals surface area contributed by atoms with Crippen LogP contribution in [0.3, 0.4) is 0 Å². The Hall–Kier alpha value is -2.05. The highest BCUT2D eigenvalue weighted by Gasteiger charge is 2.14. The standard InChI is InChI=1S/C18H34N6O/c1-8-13(4)21-18(20-12-17(25)23(5)6)19-11-14-15(9-2)22-24(7)16(14)10-3/h13H,8-12H2,1-7H3,(H2,19,20,21). The van der Waals surface area contributed by atoms with E-state index in [0.717, 1.165) is 25.0 Å². The fraction of sp³-hybridized carbons (Fsp3) is 0.722. The first-order valence-corrected chi connectivity index (χ1v) is 9.12. The smallest absolute Gasteiger partial charge is 0.241 e. The lowest BCUT2D eigenvalue weighted by molar-refractivity contribution is -0.127. The summed E-state index contributed by atoms with van der Waals surface area (Å²) in [6, 6.07) is 0.283. The fourth-order valence-electron chi connectivity index (χ4n) is 2.54. The van der Waals surface area contributed by atoms with Crippen molar-refractivity contribution >= 4 is 11.9 Å². The molecule has 1 unspecified atom stereocenters. The number of carbonyl (C=O) groups is 1. The fourth-order valence-corrected chi connectivity index (χ4v) is 2.54. The molecule has 7 nitrogen and oxygen atoms in total. The highest BCUT2D eigenvalue weighted by Crippen LogP contribution is 2.16. The lowest BCUT2D eigenvalue weighted by Gasteiger charge is -2.18. The molecule has 0 aromatic carbocycles. The summed E-state index contributed by atoms with van der Waals surface area (Å²) in [5, 5.41) is 11.1. The van der Waals surface area contributed by atoms with Crippen molar-refractivity contribution in [2.24, 2.45) is 12.0 Å². The van der Waals surface area contributed by atoms with Gasteiger partial charge in [-0.2, -0.15) is 5.10 Å². The Morgan fingerprint density at radius 2 is 1.96 bits per heavy atom. The van der Waals surface area contributed by atoms with Crippen LogP contribution in [0.5, 0.6) is 0 Å². The van der Waals surface area contributed by atoms with Crippen LogP contribution in [0.2, 0.25) is 0 Å². The summed E-state index contributed by atoms with van der Waals surface area (Å²) in [5.74, 6) is 0.682. The predicted molar refractivity (Wildman–Crippen MR) is 103 cm³/mol. The molecule has 0 saturated carbocycles. The van der Waals surface area contributed by atoms with Gasteiger partial charge < -0.3 is 15.5 Å². The Kier molecular flexibility index (Phi) is 8.45. The molecule has 25 heavy (non-hydrogen) atoms. The van der Waals surface area contributed by atoms with Crippen LogP contribution in [0.15, 0.2) is 4.99 Å². The minimum atomic E-state index is 0.0172. The van der Waals surface area contributed by atoms with Gasteiger partial charge in [0.25, 0.3) is 0 Å². The molecule has 1 amide bonds. The highest BCUT2D eigenvalue weighted by molar-refractivity contribution is 5.86. The molecule has 0 aliphatic carbocycles. The summed E-state index contributed by atoms with van der Waals surface area (Å²) in [7, 11) is 5.48. The van der Waals surface area contributed by atoms with Gasteiger partial charge in [0, 0.05) is 38.4 Å². The maximum Gasteiger partial charge on any atom is 0.241 e. The van der Waals surface area contributed by atoms with E-state index >= 15 is 0 Å². The van der Waals surface area contributed by atoms with Crippen LogP contribution < -0.4 is 10.6 Å². The monoisotopic (exact) mass is 350 g/mol. The number of nitrogens with one attached hydrogen (secondary N) is 2. The number of carbonyl (C=O) groups excluding carboxylic acids is 1. The Morgan fingerprint density at radius 1 is 1.28 bits per heavy atom. The number of guanidine groups is 1. The normalized spacial score (nSPS) is 12.8. The molecule has 1 atom stereocenters. The van der Waals surface area contributed by atoms with Crippen LogP contribution >= 0.6 is 0 Å². The van der Waals surface area contributed by atoms with Crippen LogP contribution in [0.25, 0.3) is 0 Å². The largest absolute Gasteiger partial charge is 0.354 e. The number of rotatable bonds is 8. The number of aliphatic imine (C=N–C) groups is 1. The van der Waals surface area contributed by atoms with E-state index in [1.54, 1.807) is 19.0 Å². The summed E-state index contributed by atoms with van der Waals surface area (Å²) < 4.78 is 1.95. The van der Waals surface area contributed by atoms with E-state index in [1.165, 1.54) is 11.3 Å². The molecule has 0 fully saturated rings. The number of likely N-dealkylation sites (N-methyl/N-ethyl adjacent to an activating group) is 1. The van der Waals surface area contributed by atoms with Crippen LogP contribution in [0, 0.1) is 0 Å². The Labute approximate surface area is 151 Å². The van der Waals surface area contributed by atoms with Crippen LogP contribution in [-0.2, 0) is 31.2 Å². The molecule has 142 valence electrons. The van der Waals surface area contributed by atoms with Crippen molar-refractivity contribution in [1.82, 2.24) is 25.3 Å². The number of aryl methyl sites for hydroxylation is 2. The average Bonchev–Trinajstić information content (AvgIpc) is 2.91. The van der Waals surface area contributed by atoms with E-state index in [9.17, 15) is 4.79 Å². The molecule has 1 aromatic rings. The topological polar surface area (TPSA) is 74.5 Å². The molecule has 0 bridgehead atoms. The molecular formula is C18H34N6O. The molecule has 7 heteroatoms. The zero-order valence-electron chi connectivity index (χ0n) is 16.8. The second-order valence-electron chi connectivity index (χ2n) is 6.46. The molecule has 0 aliphatic heterocycles. The van der Waals surface area contributed by atoms with E-state index in [2.05, 4.69) is 43.4 Å². The molecule has 0 spiro atoms. The van der Waals surface area contributed by atoms with Crippen LogP contribution in [0.1, 0.15) is 51.1 Å². The molecule has 2 N–H and O–H groups in total. The van der Waals surface area contributed by atoms with Crippen LogP contribution in [0.4, 0.5) is 0 Å². The number of hydrogen-bond donors (Lipinski definition) is 2. The van der Waals surface area contributed by atoms with Gasteiger partial charge in [0.15, 0.2) is 5.96 Å². The number of aromatic nitrogens is 2. The zero-order valence-corrected chi connectivity index (χ0v) is 16.8. The van der Waals surface area contributed by atoms with Crippen molar-refractivity contribution in [3.63, 3.8) is 0 Å². The van der Waals surface area contributed by atoms with Gasteiger partial charge in [-0.3, -0.25) is 9.48 Å². The van der Waals surface area contributed by atoms with Crippen molar-refractivity contribution in [3.8, 4) is 0 Å². The van der Waals surface area contributed by atoms with Gasteiger partial charge in [-0.05, 0) is 26.2 Å². The summed E-state index contributed by atoms with van der Waals surface area (Å²) >= 11 is 0. The van der Waals surface area contributed by atoms with Crippen molar-refractivity contribution in [1.29, 1.82) is 0 Å². The Balaban J connectivity index is 2.96. The summed E-state index contributed by atoms with van der Waals surface area (Å²) in [5.41, 5.74) is 3.50. The number of amides is 1. The quantitative estimate of drug-likeness (QED) is 0.550. The van der Waals surface area contributed by atoms with Crippen molar-refractivity contribution in [3.05, 3.63) is 17.0 Å². The Morgan fingerprint density at radius 3 is 2.48 bits per heavy atom. The van der Waals surface area contributed by atoms with E-state index < -0.39 is 0 Å². The first-order chi connectivity index (χ1) is 11.8. The Bertz CT molecular complexity index is 591. The molecule has 0 saturated heterocycles. The number of hydrogen-bond acceptors (Lipinski definition) is 3. The number of nitrogens with zero attached hydrogens (tertiary/aromatic N) is 4. The zero-order chi connectivity index (χ0) is 19.0. The van der Waals surface area contributed by atoms with Crippen molar-refractivity contribution in [2.45, 2.75) is 59.5 Å². The van der Waals surface area contributed by atoms with Gasteiger partial charge in [-0.1, -0.05) is 20.8 Å². The lowest BCUT2D eigenvalue weighted by atomic mass is 10.1. The van der Waals surface area contributed by atoms with Crippen molar-refractivity contribution in [2.75, 3.05) is 20.6 Å². The maximum absolute atomic E-state index is 11.8. The minimum Gasteiger partial charge on any atom is -0.354 e. The van der Waals surface area contributed by atoms with Gasteiger partial charge in [0.05, 0.1) is 18.8 Å². The van der Waals surface area contributed by atoms with Gasteiger partial charge in [0.1, 0.15) is 0 Å². The van der Waals surface area contributed by atoms with Crippen molar-refractivity contribution < 1.29 is 4.79 Å². The lowest BCUT2D eigenvalue weighted by Crippen LogP contribution is -2.45. The summed E-state index contributed by atoms with van der Waals surface area (Å²) in [6.07, 6.45) is 2.80. The summed E-state index contributed by atoms with van der Waals surface area (Å²) in [6.45, 7) is 9.25. The third-order valence-electron chi connectivity index (χ3n) is 4.32. The summed E-state index contributed by atoms with van der Waals surface area (Å²) in [4.78, 5) is 18.1. The molecule has 1 heterocycles. The SMILES string of the molecule is CCc1nn(C)c(CC)c1CN=C(NCC(=O)N(C)C)NC(C)CC. The first-order valence-electron chi connectivity index (χ1n) is 9.12. The first kappa shape index (κ1) is 21.0. The molecular weight excluding hydrogens is 316 g/mol. The third-order valence-corrected chi connectivity index (χ3v) is 4.32. The van der Waals surface area contributed by atoms with E-state index in [-0.39, 0.29) is 18.5 Å². The van der Waals surface area contributed by atoms with E-state index in [0.29, 0.717) is 12.5 Å². The van der Waals surface area contributed by atoms with Gasteiger partial charge in [0.2, 0.25) is 5.91 Å². The molecule has 0 radical (unpaired) electrons. The average molecular weight is 351 g/mol. The van der Waals surface area contributed by atoms with E-state index in [4.69, 9.17) is 4.99 Å². The molecule has 0 aliphatic rings. The molecule has 1 rings (SSSR count). The second-order valence-corrected chi connectivity index (χ2v) is 6.46. The highest BCUT2D eigenvalue weighted by atomic mass is 16.2. The minimum absolute atomic E-state index is 0.0172. The van der Waals surface area contributed by atoms with Gasteiger partial charge in [-0.25, -0.2) is 4.99 Å². The maximum atomic E-state index is 11.8. The van der Waals surface area contributed by atoms with Gasteiger partial charge in [-0.15, -0.1) is 0 Å². The third kappa shape index (κ3) is 6.07. The van der Waals surface area contributed by atoms with E-state index in [1.807, 2.05) is 11.7 Å².